The monoisotopic (exact) mass is 332 g/mol. The van der Waals surface area contributed by atoms with Crippen LogP contribution in [0.25, 0.3) is 0 Å². The van der Waals surface area contributed by atoms with Crippen LogP contribution in [0.3, 0.4) is 0 Å². The molecule has 3 rings (SSSR count). The van der Waals surface area contributed by atoms with Crippen LogP contribution in [0, 0.1) is 6.92 Å². The third-order valence-electron chi connectivity index (χ3n) is 3.58. The molecular formula is C15H20N6OS. The summed E-state index contributed by atoms with van der Waals surface area (Å²) < 4.78 is 12.2. The number of hydrogen-bond donors (Lipinski definition) is 2. The Balaban J connectivity index is 1.88. The van der Waals surface area contributed by atoms with E-state index in [1.807, 2.05) is 37.1 Å². The maximum atomic E-state index is 12.2. The lowest BCUT2D eigenvalue weighted by molar-refractivity contribution is 0.674. The summed E-state index contributed by atoms with van der Waals surface area (Å²) in [5.41, 5.74) is 8.77. The van der Waals surface area contributed by atoms with Crippen molar-refractivity contribution < 1.29 is 4.21 Å². The Morgan fingerprint density at radius 1 is 1.39 bits per heavy atom. The van der Waals surface area contributed by atoms with Crippen LogP contribution < -0.4 is 16.0 Å². The number of aromatic nitrogens is 3. The first-order valence-corrected chi connectivity index (χ1v) is 8.86. The van der Waals surface area contributed by atoms with E-state index in [1.54, 1.807) is 0 Å². The van der Waals surface area contributed by atoms with Crippen LogP contribution in [0.5, 0.6) is 0 Å². The molecule has 2 aromatic rings. The van der Waals surface area contributed by atoms with Gasteiger partial charge in [0, 0.05) is 24.2 Å². The molecule has 0 radical (unpaired) electrons. The molecule has 2 aromatic heterocycles. The molecule has 7 nitrogen and oxygen atoms in total. The van der Waals surface area contributed by atoms with E-state index in [4.69, 9.17) is 5.73 Å². The summed E-state index contributed by atoms with van der Waals surface area (Å²) in [4.78, 5) is 15.0. The smallest absolute Gasteiger partial charge is 0.222 e. The summed E-state index contributed by atoms with van der Waals surface area (Å²) in [7, 11) is -1.22. The summed E-state index contributed by atoms with van der Waals surface area (Å²) in [5.74, 6) is 1.59. The molecule has 0 aliphatic carbocycles. The van der Waals surface area contributed by atoms with Gasteiger partial charge < -0.3 is 16.0 Å². The molecule has 0 saturated heterocycles. The highest BCUT2D eigenvalue weighted by Gasteiger charge is 2.25. The Labute approximate surface area is 137 Å². The number of pyridine rings is 1. The third kappa shape index (κ3) is 3.26. The number of rotatable bonds is 5. The Bertz CT molecular complexity index is 733. The molecule has 3 N–H and O–H groups in total. The Hall–Kier alpha value is -2.22. The van der Waals surface area contributed by atoms with E-state index in [1.165, 1.54) is 0 Å². The molecular weight excluding hydrogens is 312 g/mol. The van der Waals surface area contributed by atoms with E-state index in [0.717, 1.165) is 17.7 Å². The molecule has 23 heavy (non-hydrogen) atoms. The molecule has 1 unspecified atom stereocenters. The molecule has 0 amide bonds. The summed E-state index contributed by atoms with van der Waals surface area (Å²) in [5, 5.41) is 3.51. The zero-order valence-electron chi connectivity index (χ0n) is 13.2. The van der Waals surface area contributed by atoms with E-state index in [0.29, 0.717) is 41.4 Å². The van der Waals surface area contributed by atoms with Gasteiger partial charge >= 0.3 is 0 Å². The Kier molecular flexibility index (Phi) is 4.42. The quantitative estimate of drug-likeness (QED) is 0.804. The van der Waals surface area contributed by atoms with Gasteiger partial charge in [-0.15, -0.1) is 0 Å². The van der Waals surface area contributed by atoms with Crippen molar-refractivity contribution in [2.75, 3.05) is 28.4 Å². The lowest BCUT2D eigenvalue weighted by atomic mass is 10.2. The maximum absolute atomic E-state index is 12.2. The van der Waals surface area contributed by atoms with Crippen LogP contribution in [0.2, 0.25) is 0 Å². The summed E-state index contributed by atoms with van der Waals surface area (Å²) >= 11 is 0. The van der Waals surface area contributed by atoms with E-state index in [2.05, 4.69) is 20.3 Å². The minimum absolute atomic E-state index is 0.304. The molecule has 122 valence electrons. The van der Waals surface area contributed by atoms with Gasteiger partial charge in [-0.2, -0.15) is 0 Å². The van der Waals surface area contributed by atoms with Crippen molar-refractivity contribution >= 4 is 28.1 Å². The van der Waals surface area contributed by atoms with Crippen molar-refractivity contribution in [1.29, 1.82) is 0 Å². The first-order chi connectivity index (χ1) is 11.1. The van der Waals surface area contributed by atoms with Gasteiger partial charge in [0.25, 0.3) is 0 Å². The van der Waals surface area contributed by atoms with E-state index in [9.17, 15) is 4.21 Å². The molecule has 0 bridgehead atoms. The predicted octanol–water partition coefficient (Wildman–Crippen LogP) is 1.67. The van der Waals surface area contributed by atoms with Crippen molar-refractivity contribution in [3.63, 3.8) is 0 Å². The predicted molar refractivity (Wildman–Crippen MR) is 91.7 cm³/mol. The Morgan fingerprint density at radius 2 is 2.22 bits per heavy atom. The second-order valence-electron chi connectivity index (χ2n) is 5.48. The Morgan fingerprint density at radius 3 is 2.91 bits per heavy atom. The highest BCUT2D eigenvalue weighted by Crippen LogP contribution is 2.34. The maximum Gasteiger partial charge on any atom is 0.222 e. The molecule has 0 aromatic carbocycles. The second kappa shape index (κ2) is 6.49. The molecule has 8 heteroatoms. The van der Waals surface area contributed by atoms with Crippen LogP contribution in [0.15, 0.2) is 23.5 Å². The second-order valence-corrected chi connectivity index (χ2v) is 6.94. The standard InChI is InChI=1S/C15H20N6OS/c1-3-6-23(22)15-19-13(16)12-14(20-15)21(9-18-12)8-11-5-4-10(2)17-7-11/h4-5,7,18H,3,6,8-9H2,1-2H3,(H2,16,19,20). The average Bonchev–Trinajstić information content (AvgIpc) is 2.93. The minimum atomic E-state index is -1.22. The van der Waals surface area contributed by atoms with Crippen molar-refractivity contribution in [3.8, 4) is 0 Å². The third-order valence-corrected chi connectivity index (χ3v) is 4.95. The van der Waals surface area contributed by atoms with Gasteiger partial charge in [0.2, 0.25) is 5.16 Å². The highest BCUT2D eigenvalue weighted by atomic mass is 32.2. The topological polar surface area (TPSA) is 97.0 Å². The van der Waals surface area contributed by atoms with Crippen molar-refractivity contribution in [2.24, 2.45) is 0 Å². The van der Waals surface area contributed by atoms with Gasteiger partial charge in [0.05, 0.1) is 17.5 Å². The molecule has 3 heterocycles. The van der Waals surface area contributed by atoms with Crippen LogP contribution in [0.1, 0.15) is 24.6 Å². The first kappa shape index (κ1) is 15.7. The fourth-order valence-electron chi connectivity index (χ4n) is 2.41. The SMILES string of the molecule is CCCS(=O)c1nc(N)c2c(n1)N(Cc1ccc(C)nc1)CN2. The van der Waals surface area contributed by atoms with E-state index >= 15 is 0 Å². The molecule has 0 spiro atoms. The van der Waals surface area contributed by atoms with E-state index in [-0.39, 0.29) is 0 Å². The number of nitrogens with two attached hydrogens (primary N) is 1. The first-order valence-electron chi connectivity index (χ1n) is 7.54. The summed E-state index contributed by atoms with van der Waals surface area (Å²) in [6, 6.07) is 4.02. The number of nitrogens with zero attached hydrogens (tertiary/aromatic N) is 4. The van der Waals surface area contributed by atoms with Crippen molar-refractivity contribution in [3.05, 3.63) is 29.6 Å². The average molecular weight is 332 g/mol. The molecule has 1 aliphatic heterocycles. The summed E-state index contributed by atoms with van der Waals surface area (Å²) in [6.45, 7) is 5.18. The van der Waals surface area contributed by atoms with Crippen LogP contribution in [-0.4, -0.2) is 31.6 Å². The van der Waals surface area contributed by atoms with Crippen molar-refractivity contribution in [1.82, 2.24) is 15.0 Å². The fourth-order valence-corrected chi connectivity index (χ4v) is 3.36. The number of hydrogen-bond acceptors (Lipinski definition) is 7. The van der Waals surface area contributed by atoms with Gasteiger partial charge in [-0.25, -0.2) is 9.97 Å². The number of nitrogens with one attached hydrogen (secondary N) is 1. The number of anilines is 3. The highest BCUT2D eigenvalue weighted by molar-refractivity contribution is 7.84. The van der Waals surface area contributed by atoms with Crippen molar-refractivity contribution in [2.45, 2.75) is 32.0 Å². The summed E-state index contributed by atoms with van der Waals surface area (Å²) in [6.07, 6.45) is 2.66. The zero-order chi connectivity index (χ0) is 16.4. The lowest BCUT2D eigenvalue weighted by Gasteiger charge is -2.17. The van der Waals surface area contributed by atoms with Gasteiger partial charge in [-0.05, 0) is 25.0 Å². The lowest BCUT2D eigenvalue weighted by Crippen LogP contribution is -2.23. The number of fused-ring (bicyclic) bond motifs is 1. The molecule has 1 aliphatic rings. The number of aryl methyl sites for hydroxylation is 1. The molecule has 1 atom stereocenters. The van der Waals surface area contributed by atoms with Crippen LogP contribution >= 0.6 is 0 Å². The van der Waals surface area contributed by atoms with Gasteiger partial charge in [0.1, 0.15) is 5.69 Å². The number of nitrogen functional groups attached to an aromatic ring is 1. The zero-order valence-corrected chi connectivity index (χ0v) is 14.1. The molecule has 0 saturated carbocycles. The normalized spacial score (nSPS) is 14.4. The largest absolute Gasteiger partial charge is 0.382 e. The van der Waals surface area contributed by atoms with E-state index < -0.39 is 10.8 Å². The van der Waals surface area contributed by atoms with Crippen LogP contribution in [-0.2, 0) is 17.3 Å². The van der Waals surface area contributed by atoms with Crippen LogP contribution in [0.4, 0.5) is 17.3 Å². The van der Waals surface area contributed by atoms with Gasteiger partial charge in [0.15, 0.2) is 11.6 Å². The van der Waals surface area contributed by atoms with Gasteiger partial charge in [-0.1, -0.05) is 13.0 Å². The van der Waals surface area contributed by atoms with Gasteiger partial charge in [-0.3, -0.25) is 9.19 Å². The molecule has 0 fully saturated rings. The minimum Gasteiger partial charge on any atom is -0.382 e. The fraction of sp³-hybridized carbons (Fsp3) is 0.400.